The van der Waals surface area contributed by atoms with Gasteiger partial charge < -0.3 is 9.42 Å². The van der Waals surface area contributed by atoms with Crippen LogP contribution in [0.3, 0.4) is 0 Å². The summed E-state index contributed by atoms with van der Waals surface area (Å²) in [4.78, 5) is 14.4. The lowest BCUT2D eigenvalue weighted by Gasteiger charge is -2.23. The number of benzene rings is 1. The van der Waals surface area contributed by atoms with E-state index in [1.165, 1.54) is 12.1 Å². The van der Waals surface area contributed by atoms with Crippen LogP contribution in [-0.2, 0) is 0 Å². The minimum Gasteiger partial charge on any atom is -0.351 e. The zero-order valence-electron chi connectivity index (χ0n) is 12.8. The van der Waals surface area contributed by atoms with Gasteiger partial charge in [-0.05, 0) is 36.5 Å². The molecule has 1 aromatic carbocycles. The Morgan fingerprint density at radius 3 is 2.91 bits per heavy atom. The minimum atomic E-state index is -0.279. The fourth-order valence-electron chi connectivity index (χ4n) is 2.87. The second-order valence-corrected chi connectivity index (χ2v) is 5.98. The Balaban J connectivity index is 1.84. The number of amides is 1. The van der Waals surface area contributed by atoms with E-state index in [1.807, 2.05) is 19.9 Å². The van der Waals surface area contributed by atoms with Crippen molar-refractivity contribution >= 4 is 5.91 Å². The molecule has 116 valence electrons. The second kappa shape index (κ2) is 5.91. The third kappa shape index (κ3) is 2.75. The van der Waals surface area contributed by atoms with Gasteiger partial charge >= 0.3 is 0 Å². The number of likely N-dealkylation sites (tertiary alicyclic amines) is 1. The largest absolute Gasteiger partial charge is 0.351 e. The summed E-state index contributed by atoms with van der Waals surface area (Å²) in [6.45, 7) is 4.65. The van der Waals surface area contributed by atoms with Gasteiger partial charge in [-0.2, -0.15) is 0 Å². The Morgan fingerprint density at radius 1 is 1.41 bits per heavy atom. The second-order valence-electron chi connectivity index (χ2n) is 5.98. The van der Waals surface area contributed by atoms with Gasteiger partial charge in [-0.15, -0.1) is 0 Å². The standard InChI is InChI=1S/C17H19FN2O2/c1-11(2)14-10-16(22-19-14)17(21)20-8-4-7-15(20)12-5-3-6-13(18)9-12/h3,5-6,9-11,15H,4,7-8H2,1-2H3/t15-/m0/s1. The molecule has 0 saturated carbocycles. The summed E-state index contributed by atoms with van der Waals surface area (Å²) in [6, 6.07) is 8.05. The first-order chi connectivity index (χ1) is 10.6. The Labute approximate surface area is 128 Å². The molecule has 0 unspecified atom stereocenters. The highest BCUT2D eigenvalue weighted by Crippen LogP contribution is 2.33. The van der Waals surface area contributed by atoms with Crippen molar-refractivity contribution in [3.8, 4) is 0 Å². The lowest BCUT2D eigenvalue weighted by Crippen LogP contribution is -2.30. The van der Waals surface area contributed by atoms with Crippen LogP contribution >= 0.6 is 0 Å². The summed E-state index contributed by atoms with van der Waals surface area (Å²) in [6.07, 6.45) is 1.73. The van der Waals surface area contributed by atoms with Crippen molar-refractivity contribution < 1.29 is 13.7 Å². The molecule has 1 aliphatic heterocycles. The molecular formula is C17H19FN2O2. The highest BCUT2D eigenvalue weighted by Gasteiger charge is 2.32. The van der Waals surface area contributed by atoms with Gasteiger partial charge in [0.1, 0.15) is 5.82 Å². The van der Waals surface area contributed by atoms with Crippen LogP contribution < -0.4 is 0 Å². The number of hydrogen-bond donors (Lipinski definition) is 0. The SMILES string of the molecule is CC(C)c1cc(C(=O)N2CCC[C@H]2c2cccc(F)c2)on1. The number of rotatable bonds is 3. The average molecular weight is 302 g/mol. The maximum Gasteiger partial charge on any atom is 0.292 e. The maximum absolute atomic E-state index is 13.4. The summed E-state index contributed by atoms with van der Waals surface area (Å²) < 4.78 is 18.6. The van der Waals surface area contributed by atoms with Crippen LogP contribution in [0.15, 0.2) is 34.9 Å². The first kappa shape index (κ1) is 14.8. The number of nitrogens with zero attached hydrogens (tertiary/aromatic N) is 2. The van der Waals surface area contributed by atoms with Crippen LogP contribution in [0.4, 0.5) is 4.39 Å². The van der Waals surface area contributed by atoms with E-state index in [0.717, 1.165) is 24.1 Å². The molecule has 2 aromatic rings. The van der Waals surface area contributed by atoms with E-state index in [4.69, 9.17) is 4.52 Å². The highest BCUT2D eigenvalue weighted by atomic mass is 19.1. The average Bonchev–Trinajstić information content (AvgIpc) is 3.16. The molecule has 1 saturated heterocycles. The third-order valence-electron chi connectivity index (χ3n) is 4.08. The van der Waals surface area contributed by atoms with Crippen LogP contribution in [-0.4, -0.2) is 22.5 Å². The Morgan fingerprint density at radius 2 is 2.23 bits per heavy atom. The van der Waals surface area contributed by atoms with Crippen molar-refractivity contribution in [3.63, 3.8) is 0 Å². The first-order valence-corrected chi connectivity index (χ1v) is 7.59. The quantitative estimate of drug-likeness (QED) is 0.863. The lowest BCUT2D eigenvalue weighted by atomic mass is 10.0. The summed E-state index contributed by atoms with van der Waals surface area (Å²) in [7, 11) is 0. The van der Waals surface area contributed by atoms with E-state index >= 15 is 0 Å². The summed E-state index contributed by atoms with van der Waals surface area (Å²) >= 11 is 0. The summed E-state index contributed by atoms with van der Waals surface area (Å²) in [5, 5.41) is 3.94. The van der Waals surface area contributed by atoms with E-state index in [-0.39, 0.29) is 29.4 Å². The highest BCUT2D eigenvalue weighted by molar-refractivity contribution is 5.92. The van der Waals surface area contributed by atoms with E-state index in [9.17, 15) is 9.18 Å². The molecule has 1 atom stereocenters. The molecule has 1 fully saturated rings. The van der Waals surface area contributed by atoms with Crippen LogP contribution in [0.2, 0.25) is 0 Å². The molecular weight excluding hydrogens is 283 g/mol. The van der Waals surface area contributed by atoms with Crippen LogP contribution in [0.25, 0.3) is 0 Å². The van der Waals surface area contributed by atoms with Crippen molar-refractivity contribution in [1.29, 1.82) is 0 Å². The summed E-state index contributed by atoms with van der Waals surface area (Å²) in [5.74, 6) is 0.0135. The molecule has 22 heavy (non-hydrogen) atoms. The van der Waals surface area contributed by atoms with Crippen LogP contribution in [0.1, 0.15) is 60.5 Å². The number of carbonyl (C=O) groups excluding carboxylic acids is 1. The first-order valence-electron chi connectivity index (χ1n) is 7.59. The van der Waals surface area contributed by atoms with Gasteiger partial charge in [-0.25, -0.2) is 4.39 Å². The fourth-order valence-corrected chi connectivity index (χ4v) is 2.87. The minimum absolute atomic E-state index is 0.101. The molecule has 0 N–H and O–H groups in total. The van der Waals surface area contributed by atoms with E-state index < -0.39 is 0 Å². The lowest BCUT2D eigenvalue weighted by molar-refractivity contribution is 0.0693. The van der Waals surface area contributed by atoms with Gasteiger partial charge in [0.05, 0.1) is 11.7 Å². The zero-order valence-corrected chi connectivity index (χ0v) is 12.8. The van der Waals surface area contributed by atoms with E-state index in [1.54, 1.807) is 17.0 Å². The monoisotopic (exact) mass is 302 g/mol. The van der Waals surface area contributed by atoms with Gasteiger partial charge in [-0.3, -0.25) is 4.79 Å². The van der Waals surface area contributed by atoms with Crippen molar-refractivity contribution in [3.05, 3.63) is 53.2 Å². The predicted octanol–water partition coefficient (Wildman–Crippen LogP) is 3.91. The Bertz CT molecular complexity index is 681. The molecule has 1 amide bonds. The van der Waals surface area contributed by atoms with Crippen molar-refractivity contribution in [1.82, 2.24) is 10.1 Å². The van der Waals surface area contributed by atoms with E-state index in [2.05, 4.69) is 5.16 Å². The third-order valence-corrected chi connectivity index (χ3v) is 4.08. The maximum atomic E-state index is 13.4. The van der Waals surface area contributed by atoms with Crippen molar-refractivity contribution in [2.24, 2.45) is 0 Å². The smallest absolute Gasteiger partial charge is 0.292 e. The summed E-state index contributed by atoms with van der Waals surface area (Å²) in [5.41, 5.74) is 1.60. The molecule has 3 rings (SSSR count). The van der Waals surface area contributed by atoms with Gasteiger partial charge in [0.2, 0.25) is 5.76 Å². The molecule has 4 nitrogen and oxygen atoms in total. The Kier molecular flexibility index (Phi) is 3.96. The fraction of sp³-hybridized carbons (Fsp3) is 0.412. The number of halogens is 1. The van der Waals surface area contributed by atoms with Crippen molar-refractivity contribution in [2.75, 3.05) is 6.54 Å². The van der Waals surface area contributed by atoms with Gasteiger partial charge in [0.15, 0.2) is 0 Å². The molecule has 1 aliphatic rings. The molecule has 1 aromatic heterocycles. The van der Waals surface area contributed by atoms with Crippen LogP contribution in [0.5, 0.6) is 0 Å². The normalized spacial score (nSPS) is 18.2. The predicted molar refractivity (Wildman–Crippen MR) is 80.0 cm³/mol. The number of carbonyl (C=O) groups is 1. The molecule has 2 heterocycles. The molecule has 0 spiro atoms. The Hall–Kier alpha value is -2.17. The number of hydrogen-bond acceptors (Lipinski definition) is 3. The topological polar surface area (TPSA) is 46.3 Å². The van der Waals surface area contributed by atoms with Gasteiger partial charge in [0.25, 0.3) is 5.91 Å². The van der Waals surface area contributed by atoms with Crippen LogP contribution in [0, 0.1) is 5.82 Å². The molecule has 5 heteroatoms. The molecule has 0 radical (unpaired) electrons. The zero-order chi connectivity index (χ0) is 15.7. The van der Waals surface area contributed by atoms with E-state index in [0.29, 0.717) is 6.54 Å². The van der Waals surface area contributed by atoms with Crippen molar-refractivity contribution in [2.45, 2.75) is 38.6 Å². The molecule has 0 bridgehead atoms. The number of aromatic nitrogens is 1. The van der Waals surface area contributed by atoms with Gasteiger partial charge in [0, 0.05) is 12.6 Å². The van der Waals surface area contributed by atoms with Gasteiger partial charge in [-0.1, -0.05) is 31.1 Å². The molecule has 0 aliphatic carbocycles.